The minimum Gasteiger partial charge on any atom is -0.478 e. The van der Waals surface area contributed by atoms with Gasteiger partial charge in [0.05, 0.1) is 11.3 Å². The van der Waals surface area contributed by atoms with Crippen molar-refractivity contribution in [2.24, 2.45) is 0 Å². The van der Waals surface area contributed by atoms with Gasteiger partial charge < -0.3 is 10.4 Å². The Bertz CT molecular complexity index is 765. The summed E-state index contributed by atoms with van der Waals surface area (Å²) < 4.78 is 0. The Kier molecular flexibility index (Phi) is 3.47. The molecule has 3 heteroatoms. The number of hydrogen-bond donors (Lipinski definition) is 2. The van der Waals surface area contributed by atoms with Gasteiger partial charge in [-0.1, -0.05) is 43.3 Å². The first-order valence-electron chi connectivity index (χ1n) is 7.95. The first kappa shape index (κ1) is 15.6. The van der Waals surface area contributed by atoms with Gasteiger partial charge in [0, 0.05) is 11.0 Å². The molecule has 2 aromatic carbocycles. The lowest BCUT2D eigenvalue weighted by Gasteiger charge is -2.46. The number of carboxylic acids is 1. The highest BCUT2D eigenvalue weighted by Crippen LogP contribution is 2.48. The van der Waals surface area contributed by atoms with Crippen LogP contribution in [0, 0.1) is 6.92 Å². The molecule has 0 saturated carbocycles. The van der Waals surface area contributed by atoms with Crippen molar-refractivity contribution >= 4 is 11.7 Å². The van der Waals surface area contributed by atoms with Crippen molar-refractivity contribution in [3.63, 3.8) is 0 Å². The summed E-state index contributed by atoms with van der Waals surface area (Å²) >= 11 is 0. The van der Waals surface area contributed by atoms with Gasteiger partial charge >= 0.3 is 5.97 Å². The summed E-state index contributed by atoms with van der Waals surface area (Å²) in [6.07, 6.45) is 0.902. The maximum Gasteiger partial charge on any atom is 0.337 e. The zero-order chi connectivity index (χ0) is 16.8. The van der Waals surface area contributed by atoms with Crippen molar-refractivity contribution in [3.8, 4) is 0 Å². The molecule has 0 aliphatic carbocycles. The number of carbonyl (C=O) groups is 1. The predicted octanol–water partition coefficient (Wildman–Crippen LogP) is 4.59. The number of carboxylic acid groups (broad SMARTS) is 1. The number of hydrogen-bond acceptors (Lipinski definition) is 2. The Morgan fingerprint density at radius 1 is 1.13 bits per heavy atom. The molecule has 0 amide bonds. The maximum atomic E-state index is 11.7. The molecular formula is C20H23NO2. The predicted molar refractivity (Wildman–Crippen MR) is 93.4 cm³/mol. The third kappa shape index (κ3) is 2.61. The fourth-order valence-corrected chi connectivity index (χ4v) is 3.95. The van der Waals surface area contributed by atoms with Gasteiger partial charge in [0.15, 0.2) is 0 Å². The monoisotopic (exact) mass is 309 g/mol. The molecule has 0 saturated heterocycles. The molecule has 2 N–H and O–H groups in total. The van der Waals surface area contributed by atoms with E-state index in [-0.39, 0.29) is 11.0 Å². The second-order valence-electron chi connectivity index (χ2n) is 7.42. The summed E-state index contributed by atoms with van der Waals surface area (Å²) in [6.45, 7) is 8.43. The van der Waals surface area contributed by atoms with Crippen molar-refractivity contribution in [1.29, 1.82) is 0 Å². The first-order chi connectivity index (χ1) is 10.7. The molecule has 1 aliphatic rings. The summed E-state index contributed by atoms with van der Waals surface area (Å²) in [6, 6.07) is 14.2. The molecule has 1 atom stereocenters. The Hall–Kier alpha value is -2.29. The van der Waals surface area contributed by atoms with Crippen LogP contribution in [0.1, 0.15) is 54.2 Å². The van der Waals surface area contributed by atoms with Crippen LogP contribution >= 0.6 is 0 Å². The molecule has 3 rings (SSSR count). The highest BCUT2D eigenvalue weighted by Gasteiger charge is 2.43. The van der Waals surface area contributed by atoms with Gasteiger partial charge in [0.2, 0.25) is 0 Å². The maximum absolute atomic E-state index is 11.7. The second kappa shape index (κ2) is 5.12. The molecule has 0 bridgehead atoms. The number of rotatable bonds is 2. The fraction of sp³-hybridized carbons (Fsp3) is 0.350. The van der Waals surface area contributed by atoms with Gasteiger partial charge in [0.25, 0.3) is 0 Å². The van der Waals surface area contributed by atoms with Gasteiger partial charge in [-0.25, -0.2) is 4.79 Å². The van der Waals surface area contributed by atoms with E-state index in [0.717, 1.165) is 23.2 Å². The zero-order valence-corrected chi connectivity index (χ0v) is 14.1. The van der Waals surface area contributed by atoms with E-state index in [2.05, 4.69) is 44.3 Å². The molecule has 1 aliphatic heterocycles. The van der Waals surface area contributed by atoms with Crippen LogP contribution in [0.5, 0.6) is 0 Å². The number of aromatic carboxylic acids is 1. The number of aryl methyl sites for hydroxylation is 1. The average Bonchev–Trinajstić information content (AvgIpc) is 2.47. The molecule has 3 nitrogen and oxygen atoms in total. The van der Waals surface area contributed by atoms with E-state index in [9.17, 15) is 9.90 Å². The number of fused-ring (bicyclic) bond motifs is 1. The van der Waals surface area contributed by atoms with E-state index in [0.29, 0.717) is 5.56 Å². The van der Waals surface area contributed by atoms with Crippen molar-refractivity contribution < 1.29 is 9.90 Å². The van der Waals surface area contributed by atoms with E-state index in [1.54, 1.807) is 6.07 Å². The molecule has 0 fully saturated rings. The van der Waals surface area contributed by atoms with E-state index < -0.39 is 5.97 Å². The fourth-order valence-electron chi connectivity index (χ4n) is 3.95. The van der Waals surface area contributed by atoms with Crippen LogP contribution in [-0.4, -0.2) is 16.6 Å². The minimum atomic E-state index is -0.884. The molecule has 0 aromatic heterocycles. The molecule has 0 spiro atoms. The average molecular weight is 309 g/mol. The molecule has 1 heterocycles. The van der Waals surface area contributed by atoms with E-state index in [1.807, 2.05) is 25.1 Å². The van der Waals surface area contributed by atoms with Crippen molar-refractivity contribution in [1.82, 2.24) is 0 Å². The molecule has 0 unspecified atom stereocenters. The Labute approximate surface area is 137 Å². The van der Waals surface area contributed by atoms with Crippen LogP contribution < -0.4 is 5.32 Å². The lowest BCUT2D eigenvalue weighted by molar-refractivity contribution is 0.0697. The number of nitrogens with one attached hydrogen (secondary N) is 1. The van der Waals surface area contributed by atoms with E-state index in [4.69, 9.17) is 0 Å². The SMILES string of the molecule is Cc1cc(C(=O)O)c2c(c1)[C@](C)(c1ccccc1)CC(C)(C)N2. The third-order valence-electron chi connectivity index (χ3n) is 4.78. The summed E-state index contributed by atoms with van der Waals surface area (Å²) in [5.74, 6) is -0.884. The molecule has 0 radical (unpaired) electrons. The highest BCUT2D eigenvalue weighted by atomic mass is 16.4. The highest BCUT2D eigenvalue weighted by molar-refractivity contribution is 5.96. The standard InChI is InChI=1S/C20H23NO2/c1-13-10-15(18(22)23)17-16(11-13)20(4,12-19(2,3)21-17)14-8-6-5-7-9-14/h5-11,21H,12H2,1-4H3,(H,22,23)/t20-/m0/s1. The van der Waals surface area contributed by atoms with Gasteiger partial charge in [-0.05, 0) is 49.9 Å². The van der Waals surface area contributed by atoms with Crippen LogP contribution in [0.3, 0.4) is 0 Å². The summed E-state index contributed by atoms with van der Waals surface area (Å²) in [5, 5.41) is 13.1. The number of anilines is 1. The molecule has 120 valence electrons. The first-order valence-corrected chi connectivity index (χ1v) is 7.95. The van der Waals surface area contributed by atoms with Crippen molar-refractivity contribution in [2.75, 3.05) is 5.32 Å². The van der Waals surface area contributed by atoms with Crippen LogP contribution in [0.4, 0.5) is 5.69 Å². The van der Waals surface area contributed by atoms with Gasteiger partial charge in [-0.15, -0.1) is 0 Å². The smallest absolute Gasteiger partial charge is 0.337 e. The minimum absolute atomic E-state index is 0.183. The normalized spacial score (nSPS) is 22.1. The van der Waals surface area contributed by atoms with Crippen LogP contribution in [0.15, 0.2) is 42.5 Å². The third-order valence-corrected chi connectivity index (χ3v) is 4.78. The molecular weight excluding hydrogens is 286 g/mol. The largest absolute Gasteiger partial charge is 0.478 e. The van der Waals surface area contributed by atoms with Crippen LogP contribution in [0.2, 0.25) is 0 Å². The van der Waals surface area contributed by atoms with Gasteiger partial charge in [-0.3, -0.25) is 0 Å². The Balaban J connectivity index is 2.32. The van der Waals surface area contributed by atoms with E-state index in [1.165, 1.54) is 5.56 Å². The number of benzene rings is 2. The van der Waals surface area contributed by atoms with Crippen molar-refractivity contribution in [2.45, 2.75) is 45.1 Å². The van der Waals surface area contributed by atoms with Gasteiger partial charge in [-0.2, -0.15) is 0 Å². The molecule has 2 aromatic rings. The van der Waals surface area contributed by atoms with Gasteiger partial charge in [0.1, 0.15) is 0 Å². The topological polar surface area (TPSA) is 49.3 Å². The lowest BCUT2D eigenvalue weighted by atomic mass is 9.65. The summed E-state index contributed by atoms with van der Waals surface area (Å²) in [7, 11) is 0. The Morgan fingerprint density at radius 3 is 2.39 bits per heavy atom. The van der Waals surface area contributed by atoms with Crippen molar-refractivity contribution in [3.05, 3.63) is 64.7 Å². The molecule has 23 heavy (non-hydrogen) atoms. The lowest BCUT2D eigenvalue weighted by Crippen LogP contribution is -2.45. The second-order valence-corrected chi connectivity index (χ2v) is 7.42. The zero-order valence-electron chi connectivity index (χ0n) is 14.1. The Morgan fingerprint density at radius 2 is 1.78 bits per heavy atom. The van der Waals surface area contributed by atoms with E-state index >= 15 is 0 Å². The quantitative estimate of drug-likeness (QED) is 0.853. The summed E-state index contributed by atoms with van der Waals surface area (Å²) in [5.41, 5.74) is 3.97. The van der Waals surface area contributed by atoms with Crippen LogP contribution in [0.25, 0.3) is 0 Å². The van der Waals surface area contributed by atoms with Crippen LogP contribution in [-0.2, 0) is 5.41 Å². The summed E-state index contributed by atoms with van der Waals surface area (Å²) in [4.78, 5) is 11.7.